The number of aryl methyl sites for hydroxylation is 1. The number of carbonyl (C=O) groups is 2. The van der Waals surface area contributed by atoms with Gasteiger partial charge in [0.25, 0.3) is 0 Å². The molecule has 0 fully saturated rings. The summed E-state index contributed by atoms with van der Waals surface area (Å²) < 4.78 is 0. The highest BCUT2D eigenvalue weighted by molar-refractivity contribution is 5.87. The van der Waals surface area contributed by atoms with Crippen molar-refractivity contribution >= 4 is 11.8 Å². The molecule has 0 radical (unpaired) electrons. The molecule has 1 unspecified atom stereocenters. The number of amides is 2. The molecule has 29 heavy (non-hydrogen) atoms. The average Bonchev–Trinajstić information content (AvgIpc) is 2.72. The largest absolute Gasteiger partial charge is 0.357 e. The Morgan fingerprint density at radius 1 is 0.931 bits per heavy atom. The predicted molar refractivity (Wildman–Crippen MR) is 119 cm³/mol. The number of hydrogen-bond donors (Lipinski definition) is 1. The number of likely N-dealkylation sites (N-methyl/N-ethyl adjacent to an activating group) is 1. The molecule has 2 amide bonds. The summed E-state index contributed by atoms with van der Waals surface area (Å²) in [6.07, 6.45) is 1.80. The summed E-state index contributed by atoms with van der Waals surface area (Å²) in [5, 5.41) is 2.66. The van der Waals surface area contributed by atoms with Crippen molar-refractivity contribution in [3.8, 4) is 0 Å². The molecule has 1 atom stereocenters. The minimum atomic E-state index is -0.487. The van der Waals surface area contributed by atoms with Crippen LogP contribution in [0, 0.1) is 0 Å². The van der Waals surface area contributed by atoms with E-state index in [1.165, 1.54) is 5.56 Å². The maximum Gasteiger partial charge on any atom is 0.242 e. The molecule has 2 aromatic carbocycles. The Labute approximate surface area is 175 Å². The first-order chi connectivity index (χ1) is 13.7. The van der Waals surface area contributed by atoms with E-state index in [-0.39, 0.29) is 17.2 Å². The molecule has 0 aliphatic rings. The van der Waals surface area contributed by atoms with Crippen LogP contribution in [0.4, 0.5) is 0 Å². The Bertz CT molecular complexity index is 792. The third-order valence-corrected chi connectivity index (χ3v) is 5.35. The quantitative estimate of drug-likeness (QED) is 0.732. The van der Waals surface area contributed by atoms with Gasteiger partial charge in [-0.2, -0.15) is 0 Å². The van der Waals surface area contributed by atoms with Gasteiger partial charge in [0, 0.05) is 20.0 Å². The molecule has 0 bridgehead atoms. The van der Waals surface area contributed by atoms with Crippen molar-refractivity contribution in [3.63, 3.8) is 0 Å². The van der Waals surface area contributed by atoms with Gasteiger partial charge in [0.2, 0.25) is 11.8 Å². The summed E-state index contributed by atoms with van der Waals surface area (Å²) in [7, 11) is 1.61. The van der Waals surface area contributed by atoms with Gasteiger partial charge in [0.05, 0.1) is 0 Å². The fourth-order valence-electron chi connectivity index (χ4n) is 3.35. The highest BCUT2D eigenvalue weighted by atomic mass is 16.2. The third kappa shape index (κ3) is 6.74. The Hall–Kier alpha value is -2.62. The van der Waals surface area contributed by atoms with Crippen molar-refractivity contribution in [1.29, 1.82) is 0 Å². The molecule has 0 saturated heterocycles. The van der Waals surface area contributed by atoms with Crippen molar-refractivity contribution in [1.82, 2.24) is 10.2 Å². The normalized spacial score (nSPS) is 12.3. The molecule has 0 aromatic heterocycles. The van der Waals surface area contributed by atoms with Crippen LogP contribution in [0.15, 0.2) is 54.6 Å². The van der Waals surface area contributed by atoms with E-state index in [0.717, 1.165) is 17.5 Å². The lowest BCUT2D eigenvalue weighted by molar-refractivity contribution is -0.139. The first kappa shape index (κ1) is 22.7. The van der Waals surface area contributed by atoms with Crippen molar-refractivity contribution < 1.29 is 9.59 Å². The number of nitrogens with zero attached hydrogens (tertiary/aromatic N) is 1. The standard InChI is InChI=1S/C25H34N2O2/c1-19(24(29)26-5)27(18-17-20-9-7-6-8-10-20)23(28)16-13-21-11-14-22(15-12-21)25(2,3)4/h6-12,14-15,19H,13,16-18H2,1-5H3,(H,26,29). The van der Waals surface area contributed by atoms with Crippen LogP contribution in [0.25, 0.3) is 0 Å². The van der Waals surface area contributed by atoms with Gasteiger partial charge in [0.1, 0.15) is 6.04 Å². The molecule has 0 saturated carbocycles. The van der Waals surface area contributed by atoms with Gasteiger partial charge in [0.15, 0.2) is 0 Å². The summed E-state index contributed by atoms with van der Waals surface area (Å²) in [6, 6.07) is 18.0. The highest BCUT2D eigenvalue weighted by Gasteiger charge is 2.24. The van der Waals surface area contributed by atoms with Gasteiger partial charge in [-0.1, -0.05) is 75.4 Å². The Morgan fingerprint density at radius 3 is 2.07 bits per heavy atom. The molecule has 0 aliphatic carbocycles. The molecular formula is C25H34N2O2. The Balaban J connectivity index is 2.03. The van der Waals surface area contributed by atoms with Gasteiger partial charge in [-0.3, -0.25) is 9.59 Å². The van der Waals surface area contributed by atoms with Crippen molar-refractivity contribution in [2.45, 2.75) is 58.4 Å². The van der Waals surface area contributed by atoms with E-state index < -0.39 is 6.04 Å². The van der Waals surface area contributed by atoms with Gasteiger partial charge in [-0.05, 0) is 41.9 Å². The monoisotopic (exact) mass is 394 g/mol. The number of hydrogen-bond acceptors (Lipinski definition) is 2. The van der Waals surface area contributed by atoms with Crippen LogP contribution in [-0.4, -0.2) is 36.3 Å². The Morgan fingerprint density at radius 2 is 1.52 bits per heavy atom. The van der Waals surface area contributed by atoms with Crippen molar-refractivity contribution in [2.24, 2.45) is 0 Å². The van der Waals surface area contributed by atoms with E-state index >= 15 is 0 Å². The van der Waals surface area contributed by atoms with Crippen molar-refractivity contribution in [2.75, 3.05) is 13.6 Å². The SMILES string of the molecule is CNC(=O)C(C)N(CCc1ccccc1)C(=O)CCc1ccc(C(C)(C)C)cc1. The number of carbonyl (C=O) groups excluding carboxylic acids is 2. The van der Waals surface area contributed by atoms with Crippen LogP contribution in [0.1, 0.15) is 50.8 Å². The minimum Gasteiger partial charge on any atom is -0.357 e. The summed E-state index contributed by atoms with van der Waals surface area (Å²) in [6.45, 7) is 8.89. The lowest BCUT2D eigenvalue weighted by atomic mass is 9.86. The predicted octanol–water partition coefficient (Wildman–Crippen LogP) is 4.12. The molecule has 1 N–H and O–H groups in total. The molecule has 4 heteroatoms. The smallest absolute Gasteiger partial charge is 0.242 e. The molecular weight excluding hydrogens is 360 g/mol. The van der Waals surface area contributed by atoms with E-state index in [1.807, 2.05) is 30.3 Å². The van der Waals surface area contributed by atoms with E-state index in [4.69, 9.17) is 0 Å². The molecule has 2 rings (SSSR count). The van der Waals surface area contributed by atoms with E-state index in [0.29, 0.717) is 19.4 Å². The minimum absolute atomic E-state index is 0.0110. The van der Waals surface area contributed by atoms with Crippen LogP contribution in [-0.2, 0) is 27.8 Å². The zero-order chi connectivity index (χ0) is 21.4. The van der Waals surface area contributed by atoms with Crippen LogP contribution in [0.3, 0.4) is 0 Å². The molecule has 2 aromatic rings. The van der Waals surface area contributed by atoms with Crippen LogP contribution in [0.5, 0.6) is 0 Å². The summed E-state index contributed by atoms with van der Waals surface area (Å²) in [5.74, 6) is -0.127. The molecule has 4 nitrogen and oxygen atoms in total. The maximum absolute atomic E-state index is 13.0. The average molecular weight is 395 g/mol. The van der Waals surface area contributed by atoms with Gasteiger partial charge in [-0.25, -0.2) is 0 Å². The van der Waals surface area contributed by atoms with E-state index in [2.05, 4.69) is 50.4 Å². The van der Waals surface area contributed by atoms with Crippen molar-refractivity contribution in [3.05, 3.63) is 71.3 Å². The number of benzene rings is 2. The second-order valence-corrected chi connectivity index (χ2v) is 8.56. The van der Waals surface area contributed by atoms with E-state index in [9.17, 15) is 9.59 Å². The van der Waals surface area contributed by atoms with Crippen LogP contribution in [0.2, 0.25) is 0 Å². The molecule has 156 valence electrons. The lowest BCUT2D eigenvalue weighted by Gasteiger charge is -2.28. The summed E-state index contributed by atoms with van der Waals surface area (Å²) in [5.41, 5.74) is 3.70. The highest BCUT2D eigenvalue weighted by Crippen LogP contribution is 2.22. The lowest BCUT2D eigenvalue weighted by Crippen LogP contribution is -2.48. The fraction of sp³-hybridized carbons (Fsp3) is 0.440. The second-order valence-electron chi connectivity index (χ2n) is 8.56. The van der Waals surface area contributed by atoms with Gasteiger partial charge < -0.3 is 10.2 Å². The number of nitrogens with one attached hydrogen (secondary N) is 1. The topological polar surface area (TPSA) is 49.4 Å². The summed E-state index contributed by atoms with van der Waals surface area (Å²) in [4.78, 5) is 26.8. The molecule has 0 spiro atoms. The van der Waals surface area contributed by atoms with Gasteiger partial charge in [-0.15, -0.1) is 0 Å². The van der Waals surface area contributed by atoms with E-state index in [1.54, 1.807) is 18.9 Å². The molecule has 0 aliphatic heterocycles. The maximum atomic E-state index is 13.0. The third-order valence-electron chi connectivity index (χ3n) is 5.35. The first-order valence-electron chi connectivity index (χ1n) is 10.4. The Kier molecular flexibility index (Phi) is 8.00. The summed E-state index contributed by atoms with van der Waals surface area (Å²) >= 11 is 0. The second kappa shape index (κ2) is 10.2. The van der Waals surface area contributed by atoms with Crippen LogP contribution < -0.4 is 5.32 Å². The zero-order valence-corrected chi connectivity index (χ0v) is 18.4. The number of rotatable bonds is 8. The van der Waals surface area contributed by atoms with Gasteiger partial charge >= 0.3 is 0 Å². The fourth-order valence-corrected chi connectivity index (χ4v) is 3.35. The van der Waals surface area contributed by atoms with Crippen LogP contribution >= 0.6 is 0 Å². The first-order valence-corrected chi connectivity index (χ1v) is 10.4. The zero-order valence-electron chi connectivity index (χ0n) is 18.4. The molecule has 0 heterocycles.